The fraction of sp³-hybridized carbons (Fsp3) is 0.312. The molecule has 0 unspecified atom stereocenters. The van der Waals surface area contributed by atoms with Gasteiger partial charge in [0.2, 0.25) is 0 Å². The summed E-state index contributed by atoms with van der Waals surface area (Å²) < 4.78 is 7.14. The highest BCUT2D eigenvalue weighted by Gasteiger charge is 2.26. The van der Waals surface area contributed by atoms with E-state index in [1.165, 1.54) is 10.6 Å². The SMILES string of the molecule is Cn1ccc(C(=O)N2CCO[C@@H](c3ccccn3)C2)cc1=O. The molecule has 0 saturated carbocycles. The molecule has 1 atom stereocenters. The van der Waals surface area contributed by atoms with Gasteiger partial charge in [-0.15, -0.1) is 0 Å². The minimum Gasteiger partial charge on any atom is -0.368 e. The fourth-order valence-corrected chi connectivity index (χ4v) is 2.44. The first kappa shape index (κ1) is 14.5. The fourth-order valence-electron chi connectivity index (χ4n) is 2.44. The molecule has 0 aliphatic carbocycles. The van der Waals surface area contributed by atoms with Gasteiger partial charge in [-0.3, -0.25) is 14.6 Å². The standard InChI is InChI=1S/C16H17N3O3/c1-18-7-5-12(10-15(18)20)16(21)19-8-9-22-14(11-19)13-4-2-3-6-17-13/h2-7,10,14H,8-9,11H2,1H3/t14-/m1/s1. The monoisotopic (exact) mass is 299 g/mol. The number of rotatable bonds is 2. The molecule has 1 fully saturated rings. The molecule has 0 spiro atoms. The second kappa shape index (κ2) is 6.11. The Balaban J connectivity index is 1.78. The van der Waals surface area contributed by atoms with Crippen LogP contribution in [0.1, 0.15) is 22.2 Å². The van der Waals surface area contributed by atoms with Crippen molar-refractivity contribution in [2.45, 2.75) is 6.10 Å². The molecular formula is C16H17N3O3. The zero-order chi connectivity index (χ0) is 15.5. The highest BCUT2D eigenvalue weighted by atomic mass is 16.5. The van der Waals surface area contributed by atoms with Crippen molar-refractivity contribution >= 4 is 5.91 Å². The molecule has 22 heavy (non-hydrogen) atoms. The second-order valence-electron chi connectivity index (χ2n) is 5.23. The number of hydrogen-bond acceptors (Lipinski definition) is 4. The maximum atomic E-state index is 12.5. The minimum absolute atomic E-state index is 0.151. The van der Waals surface area contributed by atoms with Crippen molar-refractivity contribution in [1.82, 2.24) is 14.5 Å². The average molecular weight is 299 g/mol. The Morgan fingerprint density at radius 1 is 1.36 bits per heavy atom. The first-order chi connectivity index (χ1) is 10.6. The molecule has 0 bridgehead atoms. The van der Waals surface area contributed by atoms with Gasteiger partial charge in [-0.05, 0) is 18.2 Å². The van der Waals surface area contributed by atoms with Crippen LogP contribution >= 0.6 is 0 Å². The van der Waals surface area contributed by atoms with E-state index in [0.717, 1.165) is 5.69 Å². The third-order valence-electron chi connectivity index (χ3n) is 3.72. The van der Waals surface area contributed by atoms with Gasteiger partial charge < -0.3 is 14.2 Å². The molecule has 2 aromatic heterocycles. The zero-order valence-electron chi connectivity index (χ0n) is 12.3. The van der Waals surface area contributed by atoms with Gasteiger partial charge in [0, 0.05) is 37.6 Å². The van der Waals surface area contributed by atoms with Crippen molar-refractivity contribution in [1.29, 1.82) is 0 Å². The van der Waals surface area contributed by atoms with Crippen LogP contribution in [0.3, 0.4) is 0 Å². The predicted molar refractivity (Wildman–Crippen MR) is 80.5 cm³/mol. The van der Waals surface area contributed by atoms with E-state index < -0.39 is 0 Å². The molecule has 1 saturated heterocycles. The molecule has 0 N–H and O–H groups in total. The molecule has 0 aromatic carbocycles. The normalized spacial score (nSPS) is 18.2. The van der Waals surface area contributed by atoms with Crippen LogP contribution in [0.25, 0.3) is 0 Å². The largest absolute Gasteiger partial charge is 0.368 e. The van der Waals surface area contributed by atoms with Crippen LogP contribution in [0.4, 0.5) is 0 Å². The van der Waals surface area contributed by atoms with Crippen molar-refractivity contribution in [2.24, 2.45) is 7.05 Å². The van der Waals surface area contributed by atoms with E-state index in [0.29, 0.717) is 25.3 Å². The lowest BCUT2D eigenvalue weighted by Crippen LogP contribution is -2.42. The van der Waals surface area contributed by atoms with E-state index in [9.17, 15) is 9.59 Å². The van der Waals surface area contributed by atoms with E-state index in [1.54, 1.807) is 30.4 Å². The lowest BCUT2D eigenvalue weighted by Gasteiger charge is -2.32. The molecule has 1 aliphatic heterocycles. The molecule has 2 aromatic rings. The van der Waals surface area contributed by atoms with Crippen LogP contribution in [0.5, 0.6) is 0 Å². The number of hydrogen-bond donors (Lipinski definition) is 0. The van der Waals surface area contributed by atoms with Crippen LogP contribution in [0.2, 0.25) is 0 Å². The maximum absolute atomic E-state index is 12.5. The lowest BCUT2D eigenvalue weighted by molar-refractivity contribution is -0.0247. The highest BCUT2D eigenvalue weighted by molar-refractivity contribution is 5.94. The van der Waals surface area contributed by atoms with E-state index in [2.05, 4.69) is 4.98 Å². The van der Waals surface area contributed by atoms with Crippen LogP contribution in [0.15, 0.2) is 47.5 Å². The molecule has 3 heterocycles. The molecule has 6 heteroatoms. The number of amides is 1. The number of ether oxygens (including phenoxy) is 1. The van der Waals surface area contributed by atoms with Crippen molar-refractivity contribution in [3.05, 3.63) is 64.3 Å². The summed E-state index contributed by atoms with van der Waals surface area (Å²) >= 11 is 0. The molecule has 6 nitrogen and oxygen atoms in total. The summed E-state index contributed by atoms with van der Waals surface area (Å²) in [6.07, 6.45) is 3.08. The zero-order valence-corrected chi connectivity index (χ0v) is 12.3. The lowest BCUT2D eigenvalue weighted by atomic mass is 10.1. The summed E-state index contributed by atoms with van der Waals surface area (Å²) in [5.74, 6) is -0.151. The molecule has 1 amide bonds. The summed E-state index contributed by atoms with van der Waals surface area (Å²) in [6.45, 7) is 1.40. The van der Waals surface area contributed by atoms with Gasteiger partial charge in [-0.2, -0.15) is 0 Å². The summed E-state index contributed by atoms with van der Waals surface area (Å²) in [4.78, 5) is 30.2. The van der Waals surface area contributed by atoms with Gasteiger partial charge in [-0.25, -0.2) is 0 Å². The van der Waals surface area contributed by atoms with Crippen molar-refractivity contribution in [3.63, 3.8) is 0 Å². The first-order valence-electron chi connectivity index (χ1n) is 7.13. The topological polar surface area (TPSA) is 64.4 Å². The number of morpholine rings is 1. The number of carbonyl (C=O) groups excluding carboxylic acids is 1. The summed E-state index contributed by atoms with van der Waals surface area (Å²) in [5, 5.41) is 0. The predicted octanol–water partition coefficient (Wildman–Crippen LogP) is 0.994. The van der Waals surface area contributed by atoms with Gasteiger partial charge in [0.05, 0.1) is 18.8 Å². The van der Waals surface area contributed by atoms with Crippen molar-refractivity contribution in [3.8, 4) is 0 Å². The number of aryl methyl sites for hydroxylation is 1. The summed E-state index contributed by atoms with van der Waals surface area (Å²) in [6, 6.07) is 8.65. The van der Waals surface area contributed by atoms with E-state index in [4.69, 9.17) is 4.74 Å². The summed E-state index contributed by atoms with van der Waals surface area (Å²) in [5.41, 5.74) is 1.02. The smallest absolute Gasteiger partial charge is 0.254 e. The Kier molecular flexibility index (Phi) is 4.02. The molecule has 114 valence electrons. The quantitative estimate of drug-likeness (QED) is 0.829. The number of aromatic nitrogens is 2. The second-order valence-corrected chi connectivity index (χ2v) is 5.23. The maximum Gasteiger partial charge on any atom is 0.254 e. The Hall–Kier alpha value is -2.47. The minimum atomic E-state index is -0.231. The third kappa shape index (κ3) is 2.92. The highest BCUT2D eigenvalue weighted by Crippen LogP contribution is 2.21. The van der Waals surface area contributed by atoms with E-state index >= 15 is 0 Å². The number of pyridine rings is 2. The third-order valence-corrected chi connectivity index (χ3v) is 3.72. The Morgan fingerprint density at radius 3 is 2.95 bits per heavy atom. The molecule has 0 radical (unpaired) electrons. The van der Waals surface area contributed by atoms with Gasteiger partial charge >= 0.3 is 0 Å². The van der Waals surface area contributed by atoms with Crippen molar-refractivity contribution < 1.29 is 9.53 Å². The van der Waals surface area contributed by atoms with E-state index in [-0.39, 0.29) is 17.6 Å². The first-order valence-corrected chi connectivity index (χ1v) is 7.13. The Labute approximate surface area is 128 Å². The molecule has 3 rings (SSSR count). The Bertz CT molecular complexity index is 727. The number of nitrogens with zero attached hydrogens (tertiary/aromatic N) is 3. The average Bonchev–Trinajstić information content (AvgIpc) is 2.57. The van der Waals surface area contributed by atoms with Crippen LogP contribution in [0, 0.1) is 0 Å². The van der Waals surface area contributed by atoms with Crippen LogP contribution in [-0.2, 0) is 11.8 Å². The van der Waals surface area contributed by atoms with Gasteiger partial charge in [0.15, 0.2) is 0 Å². The van der Waals surface area contributed by atoms with Crippen molar-refractivity contribution in [2.75, 3.05) is 19.7 Å². The number of carbonyl (C=O) groups is 1. The van der Waals surface area contributed by atoms with Gasteiger partial charge in [0.1, 0.15) is 6.10 Å². The van der Waals surface area contributed by atoms with Crippen LogP contribution in [-0.4, -0.2) is 40.1 Å². The summed E-state index contributed by atoms with van der Waals surface area (Å²) in [7, 11) is 1.66. The van der Waals surface area contributed by atoms with Gasteiger partial charge in [-0.1, -0.05) is 6.07 Å². The van der Waals surface area contributed by atoms with Crippen LogP contribution < -0.4 is 5.56 Å². The molecular weight excluding hydrogens is 282 g/mol. The van der Waals surface area contributed by atoms with E-state index in [1.807, 2.05) is 18.2 Å². The Morgan fingerprint density at radius 2 is 2.23 bits per heavy atom. The van der Waals surface area contributed by atoms with Gasteiger partial charge in [0.25, 0.3) is 11.5 Å². The molecule has 1 aliphatic rings.